The van der Waals surface area contributed by atoms with E-state index in [9.17, 15) is 0 Å². The van der Waals surface area contributed by atoms with Crippen LogP contribution in [0.15, 0.2) is 40.9 Å². The molecular weight excluding hydrogens is 250 g/mol. The van der Waals surface area contributed by atoms with Gasteiger partial charge in [0.05, 0.1) is 0 Å². The first-order chi connectivity index (χ1) is 9.75. The van der Waals surface area contributed by atoms with E-state index in [2.05, 4.69) is 28.6 Å². The van der Waals surface area contributed by atoms with E-state index in [4.69, 9.17) is 4.42 Å². The zero-order valence-corrected chi connectivity index (χ0v) is 11.9. The second kappa shape index (κ2) is 5.51. The number of nitrogens with one attached hydrogen (secondary N) is 1. The van der Waals surface area contributed by atoms with Gasteiger partial charge in [0.1, 0.15) is 11.3 Å². The van der Waals surface area contributed by atoms with E-state index in [1.165, 1.54) is 16.6 Å². The molecule has 3 rings (SSSR count). The number of benzene rings is 1. The van der Waals surface area contributed by atoms with Crippen molar-refractivity contribution in [1.29, 1.82) is 0 Å². The molecule has 0 aliphatic heterocycles. The van der Waals surface area contributed by atoms with Crippen molar-refractivity contribution in [2.75, 3.05) is 6.54 Å². The van der Waals surface area contributed by atoms with E-state index >= 15 is 0 Å². The van der Waals surface area contributed by atoms with E-state index in [1.807, 2.05) is 37.0 Å². The maximum Gasteiger partial charge on any atom is 0.134 e. The SMILES string of the molecule is Cc1oc2ccccc2c1CNCCc1ccnn1C. The lowest BCUT2D eigenvalue weighted by Gasteiger charge is -2.05. The highest BCUT2D eigenvalue weighted by atomic mass is 16.3. The first-order valence-corrected chi connectivity index (χ1v) is 6.90. The molecule has 2 aromatic heterocycles. The number of para-hydroxylation sites is 1. The third-order valence-corrected chi connectivity index (χ3v) is 3.68. The zero-order valence-electron chi connectivity index (χ0n) is 11.9. The van der Waals surface area contributed by atoms with E-state index in [0.29, 0.717) is 0 Å². The summed E-state index contributed by atoms with van der Waals surface area (Å²) in [7, 11) is 1.98. The molecule has 0 aliphatic rings. The second-order valence-electron chi connectivity index (χ2n) is 5.01. The summed E-state index contributed by atoms with van der Waals surface area (Å²) in [5, 5.41) is 8.87. The summed E-state index contributed by atoms with van der Waals surface area (Å²) in [4.78, 5) is 0. The normalized spacial score (nSPS) is 11.3. The number of rotatable bonds is 5. The molecule has 0 saturated carbocycles. The fourth-order valence-electron chi connectivity index (χ4n) is 2.52. The summed E-state index contributed by atoms with van der Waals surface area (Å²) in [6.45, 7) is 3.79. The van der Waals surface area contributed by atoms with Crippen molar-refractivity contribution in [3.05, 3.63) is 53.5 Å². The first kappa shape index (κ1) is 12.9. The molecule has 0 unspecified atom stereocenters. The van der Waals surface area contributed by atoms with Crippen molar-refractivity contribution < 1.29 is 4.42 Å². The molecule has 3 aromatic rings. The Morgan fingerprint density at radius 3 is 2.90 bits per heavy atom. The minimum absolute atomic E-state index is 0.834. The van der Waals surface area contributed by atoms with Crippen molar-refractivity contribution in [3.8, 4) is 0 Å². The lowest BCUT2D eigenvalue weighted by Crippen LogP contribution is -2.18. The van der Waals surface area contributed by atoms with E-state index in [0.717, 1.165) is 30.9 Å². The lowest BCUT2D eigenvalue weighted by molar-refractivity contribution is 0.564. The number of aromatic nitrogens is 2. The van der Waals surface area contributed by atoms with Crippen LogP contribution in [0.4, 0.5) is 0 Å². The minimum Gasteiger partial charge on any atom is -0.461 e. The van der Waals surface area contributed by atoms with Gasteiger partial charge in [0.2, 0.25) is 0 Å². The van der Waals surface area contributed by atoms with Crippen molar-refractivity contribution in [1.82, 2.24) is 15.1 Å². The maximum atomic E-state index is 5.77. The summed E-state index contributed by atoms with van der Waals surface area (Å²) in [6.07, 6.45) is 2.81. The zero-order chi connectivity index (χ0) is 13.9. The Morgan fingerprint density at radius 2 is 2.10 bits per heavy atom. The maximum absolute atomic E-state index is 5.77. The fourth-order valence-corrected chi connectivity index (χ4v) is 2.52. The van der Waals surface area contributed by atoms with E-state index in [-0.39, 0.29) is 0 Å². The Morgan fingerprint density at radius 1 is 1.25 bits per heavy atom. The number of aryl methyl sites for hydroxylation is 2. The van der Waals surface area contributed by atoms with Crippen molar-refractivity contribution in [2.24, 2.45) is 7.05 Å². The van der Waals surface area contributed by atoms with Crippen LogP contribution < -0.4 is 5.32 Å². The molecule has 0 saturated heterocycles. The Hall–Kier alpha value is -2.07. The van der Waals surface area contributed by atoms with Crippen LogP contribution in [0.25, 0.3) is 11.0 Å². The molecule has 2 heterocycles. The summed E-state index contributed by atoms with van der Waals surface area (Å²) in [5.74, 6) is 0.999. The molecular formula is C16H19N3O. The Balaban J connectivity index is 1.63. The van der Waals surface area contributed by atoms with Crippen LogP contribution in [0.1, 0.15) is 17.0 Å². The molecule has 1 N–H and O–H groups in total. The van der Waals surface area contributed by atoms with Gasteiger partial charge in [-0.2, -0.15) is 5.10 Å². The molecule has 0 atom stereocenters. The van der Waals surface area contributed by atoms with Crippen molar-refractivity contribution >= 4 is 11.0 Å². The highest BCUT2D eigenvalue weighted by molar-refractivity contribution is 5.82. The number of hydrogen-bond acceptors (Lipinski definition) is 3. The van der Waals surface area contributed by atoms with Crippen LogP contribution in [-0.4, -0.2) is 16.3 Å². The summed E-state index contributed by atoms with van der Waals surface area (Å²) in [6, 6.07) is 10.2. The smallest absolute Gasteiger partial charge is 0.134 e. The van der Waals surface area contributed by atoms with Gasteiger partial charge in [-0.25, -0.2) is 0 Å². The number of nitrogens with zero attached hydrogens (tertiary/aromatic N) is 2. The second-order valence-corrected chi connectivity index (χ2v) is 5.01. The van der Waals surface area contributed by atoms with Crippen molar-refractivity contribution in [2.45, 2.75) is 19.9 Å². The Labute approximate surface area is 118 Å². The van der Waals surface area contributed by atoms with Gasteiger partial charge in [0.25, 0.3) is 0 Å². The molecule has 4 nitrogen and oxygen atoms in total. The summed E-state index contributed by atoms with van der Waals surface area (Å²) in [5.41, 5.74) is 3.46. The van der Waals surface area contributed by atoms with E-state index < -0.39 is 0 Å². The highest BCUT2D eigenvalue weighted by Crippen LogP contribution is 2.24. The van der Waals surface area contributed by atoms with E-state index in [1.54, 1.807) is 0 Å². The van der Waals surface area contributed by atoms with Crippen molar-refractivity contribution in [3.63, 3.8) is 0 Å². The number of furan rings is 1. The fraction of sp³-hybridized carbons (Fsp3) is 0.312. The number of fused-ring (bicyclic) bond motifs is 1. The molecule has 0 radical (unpaired) electrons. The molecule has 20 heavy (non-hydrogen) atoms. The van der Waals surface area contributed by atoms with Gasteiger partial charge in [-0.05, 0) is 19.1 Å². The Kier molecular flexibility index (Phi) is 3.56. The number of hydrogen-bond donors (Lipinski definition) is 1. The molecule has 0 bridgehead atoms. The predicted molar refractivity (Wildman–Crippen MR) is 79.6 cm³/mol. The predicted octanol–water partition coefficient (Wildman–Crippen LogP) is 2.81. The highest BCUT2D eigenvalue weighted by Gasteiger charge is 2.09. The first-order valence-electron chi connectivity index (χ1n) is 6.90. The molecule has 0 spiro atoms. The quantitative estimate of drug-likeness (QED) is 0.724. The van der Waals surface area contributed by atoms with Crippen LogP contribution in [0.2, 0.25) is 0 Å². The van der Waals surface area contributed by atoms with Gasteiger partial charge in [0.15, 0.2) is 0 Å². The van der Waals surface area contributed by atoms with Crippen LogP contribution in [0, 0.1) is 6.92 Å². The lowest BCUT2D eigenvalue weighted by atomic mass is 10.1. The van der Waals surface area contributed by atoms with Gasteiger partial charge in [-0.1, -0.05) is 18.2 Å². The van der Waals surface area contributed by atoms with Crippen LogP contribution in [0.3, 0.4) is 0 Å². The van der Waals surface area contributed by atoms with Gasteiger partial charge >= 0.3 is 0 Å². The molecule has 0 aliphatic carbocycles. The molecule has 1 aromatic carbocycles. The molecule has 4 heteroatoms. The average Bonchev–Trinajstić information content (AvgIpc) is 2.98. The molecule has 0 amide bonds. The average molecular weight is 269 g/mol. The molecule has 104 valence electrons. The Bertz CT molecular complexity index is 711. The topological polar surface area (TPSA) is 43.0 Å². The largest absolute Gasteiger partial charge is 0.461 e. The summed E-state index contributed by atoms with van der Waals surface area (Å²) >= 11 is 0. The van der Waals surface area contributed by atoms with Crippen LogP contribution in [0.5, 0.6) is 0 Å². The minimum atomic E-state index is 0.834. The third kappa shape index (κ3) is 2.47. The van der Waals surface area contributed by atoms with Gasteiger partial charge in [-0.3, -0.25) is 4.68 Å². The van der Waals surface area contributed by atoms with Gasteiger partial charge < -0.3 is 9.73 Å². The van der Waals surface area contributed by atoms with Crippen LogP contribution >= 0.6 is 0 Å². The third-order valence-electron chi connectivity index (χ3n) is 3.68. The molecule has 0 fully saturated rings. The van der Waals surface area contributed by atoms with Gasteiger partial charge in [0, 0.05) is 49.4 Å². The standard InChI is InChI=1S/C16H19N3O/c1-12-15(14-5-3-4-6-16(14)20-12)11-17-9-7-13-8-10-18-19(13)2/h3-6,8,10,17H,7,9,11H2,1-2H3. The van der Waals surface area contributed by atoms with Crippen LogP contribution in [-0.2, 0) is 20.0 Å². The van der Waals surface area contributed by atoms with Gasteiger partial charge in [-0.15, -0.1) is 0 Å². The monoisotopic (exact) mass is 269 g/mol. The summed E-state index contributed by atoms with van der Waals surface area (Å²) < 4.78 is 7.68.